The van der Waals surface area contributed by atoms with Gasteiger partial charge in [-0.2, -0.15) is 0 Å². The van der Waals surface area contributed by atoms with Crippen molar-refractivity contribution in [3.63, 3.8) is 0 Å². The van der Waals surface area contributed by atoms with E-state index in [1.807, 2.05) is 41.4 Å². The normalized spacial score (nSPS) is 15.2. The van der Waals surface area contributed by atoms with Crippen LogP contribution in [0.1, 0.15) is 23.5 Å². The highest BCUT2D eigenvalue weighted by atomic mass is 15.5. The van der Waals surface area contributed by atoms with Gasteiger partial charge in [0.05, 0.1) is 11.4 Å². The van der Waals surface area contributed by atoms with Gasteiger partial charge in [0.25, 0.3) is 0 Å². The maximum absolute atomic E-state index is 3.44. The van der Waals surface area contributed by atoms with E-state index in [1.54, 1.807) is 0 Å². The van der Waals surface area contributed by atoms with Crippen LogP contribution in [0.4, 0.5) is 11.4 Å². The second-order valence-corrected chi connectivity index (χ2v) is 6.78. The Kier molecular flexibility index (Phi) is 5.69. The van der Waals surface area contributed by atoms with Gasteiger partial charge in [-0.3, -0.25) is 10.4 Å². The molecule has 3 aromatic carbocycles. The van der Waals surface area contributed by atoms with Gasteiger partial charge in [-0.1, -0.05) is 85.0 Å². The second-order valence-electron chi connectivity index (χ2n) is 6.78. The number of fused-ring (bicyclic) bond motifs is 1. The number of hydrogen-bond acceptors (Lipinski definition) is 2. The first-order valence-electron chi connectivity index (χ1n) is 9.66. The minimum absolute atomic E-state index is 0.480. The van der Waals surface area contributed by atoms with Gasteiger partial charge in [0.1, 0.15) is 0 Å². The van der Waals surface area contributed by atoms with E-state index in [2.05, 4.69) is 90.5 Å². The fourth-order valence-electron chi connectivity index (χ4n) is 3.40. The molecule has 0 radical (unpaired) electrons. The van der Waals surface area contributed by atoms with Crippen molar-refractivity contribution < 1.29 is 0 Å². The van der Waals surface area contributed by atoms with Crippen molar-refractivity contribution in [3.05, 3.63) is 127 Å². The molecule has 28 heavy (non-hydrogen) atoms. The Balaban J connectivity index is 1.41. The minimum atomic E-state index is 0.480. The number of allylic oxidation sites excluding steroid dienone is 4. The molecule has 4 rings (SSSR count). The van der Waals surface area contributed by atoms with Crippen LogP contribution in [0.15, 0.2) is 115 Å². The number of hydrogen-bond donors (Lipinski definition) is 1. The first-order chi connectivity index (χ1) is 13.9. The molecule has 0 heterocycles. The molecule has 2 heteroatoms. The van der Waals surface area contributed by atoms with Crippen molar-refractivity contribution >= 4 is 17.5 Å². The third-order valence-electron chi connectivity index (χ3n) is 4.83. The van der Waals surface area contributed by atoms with Crippen LogP contribution in [-0.2, 0) is 0 Å². The molecule has 0 saturated carbocycles. The quantitative estimate of drug-likeness (QED) is 0.367. The molecule has 0 amide bonds. The van der Waals surface area contributed by atoms with Gasteiger partial charge in [-0.25, -0.2) is 0 Å². The van der Waals surface area contributed by atoms with Crippen LogP contribution in [0.3, 0.4) is 0 Å². The molecule has 3 aromatic rings. The van der Waals surface area contributed by atoms with E-state index >= 15 is 0 Å². The van der Waals surface area contributed by atoms with Crippen molar-refractivity contribution in [1.29, 1.82) is 0 Å². The first kappa shape index (κ1) is 17.9. The van der Waals surface area contributed by atoms with E-state index in [1.165, 1.54) is 11.1 Å². The van der Waals surface area contributed by atoms with E-state index in [9.17, 15) is 0 Å². The summed E-state index contributed by atoms with van der Waals surface area (Å²) in [6, 6.07) is 29.1. The summed E-state index contributed by atoms with van der Waals surface area (Å²) in [5.41, 5.74) is 8.35. The van der Waals surface area contributed by atoms with E-state index in [4.69, 9.17) is 0 Å². The third-order valence-corrected chi connectivity index (χ3v) is 4.83. The first-order valence-corrected chi connectivity index (χ1v) is 9.66. The van der Waals surface area contributed by atoms with Gasteiger partial charge < -0.3 is 0 Å². The van der Waals surface area contributed by atoms with Crippen LogP contribution in [0.25, 0.3) is 6.08 Å². The Morgan fingerprint density at radius 3 is 2.32 bits per heavy atom. The zero-order valence-corrected chi connectivity index (χ0v) is 15.8. The Hall–Kier alpha value is -3.52. The van der Waals surface area contributed by atoms with E-state index in [-0.39, 0.29) is 0 Å². The van der Waals surface area contributed by atoms with Crippen LogP contribution in [0.5, 0.6) is 0 Å². The number of anilines is 2. The zero-order chi connectivity index (χ0) is 19.0. The number of rotatable bonds is 7. The van der Waals surface area contributed by atoms with Crippen LogP contribution < -0.4 is 10.4 Å². The van der Waals surface area contributed by atoms with Crippen molar-refractivity contribution in [1.82, 2.24) is 0 Å². The van der Waals surface area contributed by atoms with Gasteiger partial charge in [0.15, 0.2) is 0 Å². The molecule has 0 spiro atoms. The van der Waals surface area contributed by atoms with Crippen LogP contribution in [-0.4, -0.2) is 0 Å². The number of para-hydroxylation sites is 2. The van der Waals surface area contributed by atoms with Crippen LogP contribution in [0.2, 0.25) is 0 Å². The summed E-state index contributed by atoms with van der Waals surface area (Å²) in [6.07, 6.45) is 14.0. The van der Waals surface area contributed by atoms with Gasteiger partial charge in [-0.15, -0.1) is 0 Å². The molecule has 1 aliphatic carbocycles. The summed E-state index contributed by atoms with van der Waals surface area (Å²) in [7, 11) is 0. The molecular weight excluding hydrogens is 340 g/mol. The molecule has 138 valence electrons. The lowest BCUT2D eigenvalue weighted by atomic mass is 9.97. The highest BCUT2D eigenvalue weighted by molar-refractivity contribution is 5.62. The number of benzene rings is 3. The highest BCUT2D eigenvalue weighted by Gasteiger charge is 2.14. The van der Waals surface area contributed by atoms with Gasteiger partial charge in [-0.05, 0) is 47.9 Å². The smallest absolute Gasteiger partial charge is 0.0623 e. The van der Waals surface area contributed by atoms with Gasteiger partial charge in [0.2, 0.25) is 0 Å². The Bertz CT molecular complexity index is 972. The summed E-state index contributed by atoms with van der Waals surface area (Å²) in [5.74, 6) is 0.480. The molecular formula is C26H24N2. The molecule has 1 unspecified atom stereocenters. The molecule has 0 saturated heterocycles. The number of hydrazine groups is 1. The lowest BCUT2D eigenvalue weighted by molar-refractivity contribution is 0.880. The Labute approximate surface area is 167 Å². The number of nitrogens with one attached hydrogen (secondary N) is 1. The summed E-state index contributed by atoms with van der Waals surface area (Å²) in [4.78, 5) is 0. The van der Waals surface area contributed by atoms with E-state index in [0.29, 0.717) is 5.92 Å². The summed E-state index contributed by atoms with van der Waals surface area (Å²) in [5, 5.41) is 2.03. The monoisotopic (exact) mass is 364 g/mol. The fraction of sp³-hybridized carbons (Fsp3) is 0.0769. The summed E-state index contributed by atoms with van der Waals surface area (Å²) >= 11 is 0. The van der Waals surface area contributed by atoms with E-state index < -0.39 is 0 Å². The fourth-order valence-corrected chi connectivity index (χ4v) is 3.40. The van der Waals surface area contributed by atoms with Crippen molar-refractivity contribution in [3.8, 4) is 0 Å². The summed E-state index contributed by atoms with van der Waals surface area (Å²) < 4.78 is 0. The predicted molar refractivity (Wildman–Crippen MR) is 120 cm³/mol. The Morgan fingerprint density at radius 1 is 0.786 bits per heavy atom. The molecule has 0 aliphatic heterocycles. The molecule has 1 atom stereocenters. The van der Waals surface area contributed by atoms with Gasteiger partial charge in [0, 0.05) is 12.1 Å². The molecule has 2 nitrogen and oxygen atoms in total. The maximum Gasteiger partial charge on any atom is 0.0623 e. The predicted octanol–water partition coefficient (Wildman–Crippen LogP) is 6.79. The molecule has 0 fully saturated rings. The highest BCUT2D eigenvalue weighted by Crippen LogP contribution is 2.32. The standard InChI is InChI=1S/C26H24N2/c1-5-14-24(15-6-1)27-28(25-16-7-2-8-17-25)21-11-3-4-12-22-19-20-23-13-9-10-18-26(22)23/h1-11,13-22,27H,12H2. The SMILES string of the molecule is C(C=CN(Nc1ccccc1)c1ccccc1)=CCC1C=Cc2ccccc21. The van der Waals surface area contributed by atoms with Crippen molar-refractivity contribution in [2.75, 3.05) is 10.4 Å². The van der Waals surface area contributed by atoms with E-state index in [0.717, 1.165) is 17.8 Å². The largest absolute Gasteiger partial charge is 0.294 e. The molecule has 1 N–H and O–H groups in total. The average Bonchev–Trinajstić information content (AvgIpc) is 3.17. The number of nitrogens with zero attached hydrogens (tertiary/aromatic N) is 1. The lowest BCUT2D eigenvalue weighted by Gasteiger charge is -2.22. The van der Waals surface area contributed by atoms with Crippen molar-refractivity contribution in [2.24, 2.45) is 0 Å². The maximum atomic E-state index is 3.44. The molecule has 1 aliphatic rings. The average molecular weight is 364 g/mol. The topological polar surface area (TPSA) is 15.3 Å². The molecule has 0 bridgehead atoms. The van der Waals surface area contributed by atoms with Crippen LogP contribution >= 0.6 is 0 Å². The van der Waals surface area contributed by atoms with Crippen LogP contribution in [0, 0.1) is 0 Å². The zero-order valence-electron chi connectivity index (χ0n) is 15.8. The second kappa shape index (κ2) is 8.92. The van der Waals surface area contributed by atoms with Crippen molar-refractivity contribution in [2.45, 2.75) is 12.3 Å². The lowest BCUT2D eigenvalue weighted by Crippen LogP contribution is -2.23. The Morgan fingerprint density at radius 2 is 1.50 bits per heavy atom. The minimum Gasteiger partial charge on any atom is -0.294 e. The molecule has 0 aromatic heterocycles. The third kappa shape index (κ3) is 4.41. The van der Waals surface area contributed by atoms with Gasteiger partial charge >= 0.3 is 0 Å². The summed E-state index contributed by atoms with van der Waals surface area (Å²) in [6.45, 7) is 0.